The number of carbonyl (C=O) groups excluding carboxylic acids is 1. The Morgan fingerprint density at radius 2 is 2.12 bits per heavy atom. The van der Waals surface area contributed by atoms with Crippen molar-refractivity contribution in [2.75, 3.05) is 13.1 Å². The normalized spacial score (nSPS) is 20.3. The number of nitrogens with zero attached hydrogens (tertiary/aromatic N) is 2. The number of allylic oxidation sites excluding steroid dienone is 1. The van der Waals surface area contributed by atoms with Crippen LogP contribution in [-0.2, 0) is 4.79 Å². The van der Waals surface area contributed by atoms with Gasteiger partial charge in [-0.25, -0.2) is 8.78 Å². The molecule has 0 radical (unpaired) electrons. The molecule has 0 saturated carbocycles. The molecule has 1 aliphatic heterocycles. The first-order chi connectivity index (χ1) is 12.6. The summed E-state index contributed by atoms with van der Waals surface area (Å²) in [4.78, 5) is 14.6. The Balaban J connectivity index is 1.57. The topological polar surface area (TPSA) is 49.0 Å². The number of amides is 1. The van der Waals surface area contributed by atoms with Gasteiger partial charge in [-0.2, -0.15) is 5.10 Å². The fourth-order valence-electron chi connectivity index (χ4n) is 3.97. The number of H-pyrrole nitrogens is 1. The molecule has 1 aromatic carbocycles. The Morgan fingerprint density at radius 1 is 1.23 bits per heavy atom. The van der Waals surface area contributed by atoms with E-state index in [4.69, 9.17) is 0 Å². The van der Waals surface area contributed by atoms with Crippen LogP contribution in [-0.4, -0.2) is 34.1 Å². The molecule has 0 spiro atoms. The molecule has 4 rings (SSSR count). The minimum Gasteiger partial charge on any atom is -0.338 e. The zero-order valence-corrected chi connectivity index (χ0v) is 14.5. The van der Waals surface area contributed by atoms with Gasteiger partial charge >= 0.3 is 0 Å². The van der Waals surface area contributed by atoms with E-state index in [-0.39, 0.29) is 11.8 Å². The van der Waals surface area contributed by atoms with E-state index in [9.17, 15) is 13.6 Å². The van der Waals surface area contributed by atoms with Gasteiger partial charge in [0.25, 0.3) is 0 Å². The fourth-order valence-corrected chi connectivity index (χ4v) is 3.97. The highest BCUT2D eigenvalue weighted by Gasteiger charge is 2.29. The van der Waals surface area contributed by atoms with Crippen LogP contribution < -0.4 is 0 Å². The largest absolute Gasteiger partial charge is 0.338 e. The Labute approximate surface area is 150 Å². The van der Waals surface area contributed by atoms with Crippen molar-refractivity contribution in [1.29, 1.82) is 0 Å². The molecule has 2 heterocycles. The first kappa shape index (κ1) is 16.9. The quantitative estimate of drug-likeness (QED) is 0.896. The summed E-state index contributed by atoms with van der Waals surface area (Å²) in [5.74, 6) is -1.48. The molecular formula is C20H21F2N3O. The average Bonchev–Trinajstić information content (AvgIpc) is 3.35. The van der Waals surface area contributed by atoms with Crippen molar-refractivity contribution in [3.8, 4) is 11.1 Å². The number of nitrogens with one attached hydrogen (secondary N) is 1. The molecule has 4 nitrogen and oxygen atoms in total. The second-order valence-corrected chi connectivity index (χ2v) is 7.04. The Hall–Kier alpha value is -2.50. The number of piperidine rings is 1. The van der Waals surface area contributed by atoms with Gasteiger partial charge in [-0.1, -0.05) is 12.1 Å². The van der Waals surface area contributed by atoms with Crippen LogP contribution in [0.15, 0.2) is 36.0 Å². The molecule has 2 aliphatic rings. The third-order valence-corrected chi connectivity index (χ3v) is 5.33. The molecule has 1 aromatic heterocycles. The number of halogens is 2. The van der Waals surface area contributed by atoms with Crippen molar-refractivity contribution in [1.82, 2.24) is 15.1 Å². The molecule has 2 aromatic rings. The van der Waals surface area contributed by atoms with E-state index in [1.54, 1.807) is 12.3 Å². The molecule has 1 fully saturated rings. The number of hydrogen-bond acceptors (Lipinski definition) is 2. The van der Waals surface area contributed by atoms with Crippen molar-refractivity contribution >= 4 is 5.91 Å². The summed E-state index contributed by atoms with van der Waals surface area (Å²) in [5, 5.41) is 7.14. The van der Waals surface area contributed by atoms with Crippen molar-refractivity contribution in [3.63, 3.8) is 0 Å². The summed E-state index contributed by atoms with van der Waals surface area (Å²) in [6.07, 6.45) is 8.45. The van der Waals surface area contributed by atoms with Gasteiger partial charge in [0.1, 0.15) is 0 Å². The summed E-state index contributed by atoms with van der Waals surface area (Å²) >= 11 is 0. The standard InChI is InChI=1S/C20H21F2N3O/c21-17-8-7-14(10-18(17)22)16-11-23-24-19(16)15-6-3-9-25(12-15)20(26)13-4-1-2-5-13/h4,7-8,10-11,15H,1-3,5-6,9,12H2,(H,23,24). The molecule has 1 saturated heterocycles. The molecule has 1 aliphatic carbocycles. The smallest absolute Gasteiger partial charge is 0.249 e. The number of benzene rings is 1. The van der Waals surface area contributed by atoms with Crippen LogP contribution in [0.3, 0.4) is 0 Å². The summed E-state index contributed by atoms with van der Waals surface area (Å²) in [6.45, 7) is 1.39. The van der Waals surface area contributed by atoms with Gasteiger partial charge in [-0.3, -0.25) is 9.89 Å². The molecule has 0 bridgehead atoms. The number of hydrogen-bond donors (Lipinski definition) is 1. The highest BCUT2D eigenvalue weighted by Crippen LogP contribution is 2.34. The van der Waals surface area contributed by atoms with Gasteiger partial charge in [0.15, 0.2) is 11.6 Å². The van der Waals surface area contributed by atoms with E-state index in [1.807, 2.05) is 4.90 Å². The summed E-state index contributed by atoms with van der Waals surface area (Å²) in [7, 11) is 0. The van der Waals surface area contributed by atoms with Gasteiger partial charge in [0, 0.05) is 35.8 Å². The number of aromatic nitrogens is 2. The van der Waals surface area contributed by atoms with Crippen molar-refractivity contribution < 1.29 is 13.6 Å². The minimum atomic E-state index is -0.872. The lowest BCUT2D eigenvalue weighted by Gasteiger charge is -2.33. The lowest BCUT2D eigenvalue weighted by molar-refractivity contribution is -0.128. The van der Waals surface area contributed by atoms with Gasteiger partial charge in [-0.05, 0) is 49.8 Å². The Kier molecular flexibility index (Phi) is 4.57. The van der Waals surface area contributed by atoms with Crippen LogP contribution in [0, 0.1) is 11.6 Å². The van der Waals surface area contributed by atoms with Crippen molar-refractivity contribution in [2.45, 2.75) is 38.0 Å². The molecule has 1 unspecified atom stereocenters. The van der Waals surface area contributed by atoms with Crippen LogP contribution in [0.25, 0.3) is 11.1 Å². The third-order valence-electron chi connectivity index (χ3n) is 5.33. The lowest BCUT2D eigenvalue weighted by atomic mass is 9.90. The second kappa shape index (κ2) is 7.02. The van der Waals surface area contributed by atoms with Crippen LogP contribution in [0.4, 0.5) is 8.78 Å². The third kappa shape index (κ3) is 3.16. The number of aromatic amines is 1. The predicted molar refractivity (Wildman–Crippen MR) is 94.4 cm³/mol. The lowest BCUT2D eigenvalue weighted by Crippen LogP contribution is -2.39. The zero-order chi connectivity index (χ0) is 18.1. The summed E-state index contributed by atoms with van der Waals surface area (Å²) in [6, 6.07) is 3.88. The van der Waals surface area contributed by atoms with E-state index in [1.165, 1.54) is 6.07 Å². The monoisotopic (exact) mass is 357 g/mol. The van der Waals surface area contributed by atoms with E-state index in [0.29, 0.717) is 12.1 Å². The van der Waals surface area contributed by atoms with Crippen LogP contribution in [0.2, 0.25) is 0 Å². The molecular weight excluding hydrogens is 336 g/mol. The van der Waals surface area contributed by atoms with E-state index >= 15 is 0 Å². The Bertz CT molecular complexity index is 858. The van der Waals surface area contributed by atoms with E-state index < -0.39 is 11.6 Å². The second-order valence-electron chi connectivity index (χ2n) is 7.04. The first-order valence-electron chi connectivity index (χ1n) is 9.10. The zero-order valence-electron chi connectivity index (χ0n) is 14.5. The number of likely N-dealkylation sites (tertiary alicyclic amines) is 1. The average molecular weight is 357 g/mol. The van der Waals surface area contributed by atoms with Gasteiger partial charge < -0.3 is 4.90 Å². The van der Waals surface area contributed by atoms with Crippen LogP contribution >= 0.6 is 0 Å². The highest BCUT2D eigenvalue weighted by molar-refractivity contribution is 5.94. The molecule has 6 heteroatoms. The molecule has 1 N–H and O–H groups in total. The van der Waals surface area contributed by atoms with E-state index in [0.717, 1.165) is 61.5 Å². The van der Waals surface area contributed by atoms with Crippen LogP contribution in [0.1, 0.15) is 43.7 Å². The maximum absolute atomic E-state index is 13.6. The molecule has 26 heavy (non-hydrogen) atoms. The maximum Gasteiger partial charge on any atom is 0.249 e. The summed E-state index contributed by atoms with van der Waals surface area (Å²) in [5.41, 5.74) is 3.17. The Morgan fingerprint density at radius 3 is 2.88 bits per heavy atom. The van der Waals surface area contributed by atoms with E-state index in [2.05, 4.69) is 16.3 Å². The van der Waals surface area contributed by atoms with Gasteiger partial charge in [-0.15, -0.1) is 0 Å². The highest BCUT2D eigenvalue weighted by atomic mass is 19.2. The first-order valence-corrected chi connectivity index (χ1v) is 9.10. The maximum atomic E-state index is 13.6. The van der Waals surface area contributed by atoms with Gasteiger partial charge in [0.2, 0.25) is 5.91 Å². The number of carbonyl (C=O) groups is 1. The number of rotatable bonds is 3. The van der Waals surface area contributed by atoms with Crippen LogP contribution in [0.5, 0.6) is 0 Å². The fraction of sp³-hybridized carbons (Fsp3) is 0.400. The van der Waals surface area contributed by atoms with Gasteiger partial charge in [0.05, 0.1) is 6.20 Å². The minimum absolute atomic E-state index is 0.111. The van der Waals surface area contributed by atoms with Crippen molar-refractivity contribution in [2.24, 2.45) is 0 Å². The molecule has 136 valence electrons. The summed E-state index contributed by atoms with van der Waals surface area (Å²) < 4.78 is 26.9. The predicted octanol–water partition coefficient (Wildman–Crippen LogP) is 4.17. The van der Waals surface area contributed by atoms with Crippen molar-refractivity contribution in [3.05, 3.63) is 53.4 Å². The molecule has 1 atom stereocenters. The molecule has 1 amide bonds. The SMILES string of the molecule is O=C(C1=CCCC1)N1CCCC(c2[nH]ncc2-c2ccc(F)c(F)c2)C1.